The molecule has 2 heterocycles. The van der Waals surface area contributed by atoms with E-state index in [1.165, 1.54) is 70.8 Å². The number of aromatic nitrogens is 3. The number of rotatable bonds is 6. The Hall–Kier alpha value is -8.14. The molecule has 10 aromatic carbocycles. The van der Waals surface area contributed by atoms with E-state index in [1.54, 1.807) is 0 Å². The second kappa shape index (κ2) is 17.0. The van der Waals surface area contributed by atoms with Crippen LogP contribution in [0.1, 0.15) is 21.3 Å². The van der Waals surface area contributed by atoms with Gasteiger partial charge < -0.3 is 4.57 Å². The molecule has 0 bridgehead atoms. The smallest absolute Gasteiger partial charge is 0.160 e. The molecule has 12 aromatic rings. The second-order valence-corrected chi connectivity index (χ2v) is 15.7. The summed E-state index contributed by atoms with van der Waals surface area (Å²) in [5.41, 5.74) is 13.2. The van der Waals surface area contributed by atoms with E-state index >= 15 is 0 Å². The van der Waals surface area contributed by atoms with Gasteiger partial charge in [-0.05, 0) is 97.0 Å². The van der Waals surface area contributed by atoms with E-state index < -0.39 is 0 Å². The number of fused-ring (bicyclic) bond motifs is 9. The summed E-state index contributed by atoms with van der Waals surface area (Å²) in [5, 5.41) is 9.97. The van der Waals surface area contributed by atoms with Gasteiger partial charge in [-0.15, -0.1) is 0 Å². The summed E-state index contributed by atoms with van der Waals surface area (Å²) in [6, 6.07) is 80.6. The molecule has 0 radical (unpaired) electrons. The van der Waals surface area contributed by atoms with Crippen LogP contribution in [0.5, 0.6) is 0 Å². The van der Waals surface area contributed by atoms with E-state index in [0.717, 1.165) is 39.3 Å². The molecule has 0 fully saturated rings. The second-order valence-electron chi connectivity index (χ2n) is 15.7. The Labute approximate surface area is 374 Å². The Morgan fingerprint density at radius 3 is 1.55 bits per heavy atom. The molecule has 3 heteroatoms. The summed E-state index contributed by atoms with van der Waals surface area (Å²) in [7, 11) is 0. The maximum atomic E-state index is 5.17. The van der Waals surface area contributed by atoms with Crippen molar-refractivity contribution in [2.24, 2.45) is 0 Å². The van der Waals surface area contributed by atoms with Crippen molar-refractivity contribution < 1.29 is 0 Å². The highest BCUT2D eigenvalue weighted by molar-refractivity contribution is 6.29. The predicted molar refractivity (Wildman–Crippen MR) is 274 cm³/mol. The number of hydrogen-bond acceptors (Lipinski definition) is 2. The number of benzene rings is 10. The topological polar surface area (TPSA) is 30.7 Å². The highest BCUT2D eigenvalue weighted by Gasteiger charge is 2.18. The van der Waals surface area contributed by atoms with Crippen molar-refractivity contribution in [1.29, 1.82) is 0 Å². The Bertz CT molecular complexity index is 3570. The maximum Gasteiger partial charge on any atom is 0.160 e. The van der Waals surface area contributed by atoms with E-state index in [2.05, 4.69) is 205 Å². The van der Waals surface area contributed by atoms with Gasteiger partial charge in [-0.2, -0.15) is 0 Å². The first kappa shape index (κ1) is 40.0. The monoisotopic (exact) mass is 821 g/mol. The summed E-state index contributed by atoms with van der Waals surface area (Å²) in [6.45, 7) is 4.00. The van der Waals surface area contributed by atoms with Gasteiger partial charge in [0.1, 0.15) is 0 Å². The van der Waals surface area contributed by atoms with Gasteiger partial charge in [-0.3, -0.25) is 0 Å². The SMILES string of the molecule is C.CC.c1ccc(-c2cc(-c3cccc(-c4cccc5c6ccccc6c6cc(-c7ccc8c9ccccc9n(-c9ccccc9)c8c7)ccc6c45)c3)nc(-c3ccccc3)n2)cc1. The van der Waals surface area contributed by atoms with Crippen molar-refractivity contribution in [3.63, 3.8) is 0 Å². The molecular formula is C61H47N3. The lowest BCUT2D eigenvalue weighted by Crippen LogP contribution is -1.96. The molecule has 0 atom stereocenters. The molecule has 2 aromatic heterocycles. The molecule has 0 saturated heterocycles. The fourth-order valence-electron chi connectivity index (χ4n) is 9.34. The van der Waals surface area contributed by atoms with Gasteiger partial charge in [0.15, 0.2) is 5.82 Å². The molecule has 0 saturated carbocycles. The Morgan fingerprint density at radius 1 is 0.312 bits per heavy atom. The van der Waals surface area contributed by atoms with Crippen molar-refractivity contribution in [2.75, 3.05) is 0 Å². The van der Waals surface area contributed by atoms with Gasteiger partial charge in [0.2, 0.25) is 0 Å². The number of nitrogens with zero attached hydrogens (tertiary/aromatic N) is 3. The number of hydrogen-bond donors (Lipinski definition) is 0. The fourth-order valence-corrected chi connectivity index (χ4v) is 9.34. The van der Waals surface area contributed by atoms with Gasteiger partial charge in [-0.1, -0.05) is 203 Å². The maximum absolute atomic E-state index is 5.17. The summed E-state index contributed by atoms with van der Waals surface area (Å²) in [4.78, 5) is 10.2. The largest absolute Gasteiger partial charge is 0.309 e. The van der Waals surface area contributed by atoms with Crippen molar-refractivity contribution in [3.8, 4) is 61.8 Å². The molecule has 3 nitrogen and oxygen atoms in total. The zero-order valence-electron chi connectivity index (χ0n) is 35.2. The molecule has 0 N–H and O–H groups in total. The highest BCUT2D eigenvalue weighted by Crippen LogP contribution is 2.43. The fraction of sp³-hybridized carbons (Fsp3) is 0.0492. The molecule has 0 spiro atoms. The highest BCUT2D eigenvalue weighted by atomic mass is 15.0. The molecule has 0 amide bonds. The van der Waals surface area contributed by atoms with E-state index in [4.69, 9.17) is 9.97 Å². The van der Waals surface area contributed by atoms with Crippen LogP contribution < -0.4 is 0 Å². The Morgan fingerprint density at radius 2 is 0.812 bits per heavy atom. The molecule has 12 rings (SSSR count). The zero-order valence-corrected chi connectivity index (χ0v) is 35.2. The first-order valence-electron chi connectivity index (χ1n) is 21.8. The van der Waals surface area contributed by atoms with Crippen LogP contribution in [0.4, 0.5) is 0 Å². The van der Waals surface area contributed by atoms with Crippen molar-refractivity contribution >= 4 is 54.1 Å². The standard InChI is InChI=1S/C58H37N3.C2H6.CH4/c1-4-16-38(17-5-1)53-37-54(60-58(59-53)39-18-6-2-7-19-39)43-21-14-20-42(34-43)45-27-15-28-50-46-24-10-11-25-47(46)52-35-40(31-33-51(52)57(45)50)41-30-32-49-48-26-12-13-29-55(48)61(56(49)36-41)44-22-8-3-9-23-44;1-2;/h1-37H;1-2H3;1H4. The van der Waals surface area contributed by atoms with E-state index in [-0.39, 0.29) is 7.43 Å². The molecule has 0 aliphatic heterocycles. The lowest BCUT2D eigenvalue weighted by Gasteiger charge is -2.16. The van der Waals surface area contributed by atoms with E-state index in [0.29, 0.717) is 5.82 Å². The average molecular weight is 822 g/mol. The van der Waals surface area contributed by atoms with Crippen molar-refractivity contribution in [2.45, 2.75) is 21.3 Å². The van der Waals surface area contributed by atoms with Crippen LogP contribution in [0.15, 0.2) is 224 Å². The molecule has 0 aliphatic rings. The minimum absolute atomic E-state index is 0. The van der Waals surface area contributed by atoms with Crippen molar-refractivity contribution in [3.05, 3.63) is 224 Å². The van der Waals surface area contributed by atoms with Crippen LogP contribution in [0.2, 0.25) is 0 Å². The van der Waals surface area contributed by atoms with Crippen LogP contribution in [-0.2, 0) is 0 Å². The Balaban J connectivity index is 0.00000159. The Kier molecular flexibility index (Phi) is 10.6. The molecular weight excluding hydrogens is 775 g/mol. The first-order chi connectivity index (χ1) is 31.2. The van der Waals surface area contributed by atoms with Gasteiger partial charge in [-0.25, -0.2) is 9.97 Å². The quantitative estimate of drug-likeness (QED) is 0.156. The van der Waals surface area contributed by atoms with Crippen LogP contribution in [0.25, 0.3) is 116 Å². The predicted octanol–water partition coefficient (Wildman–Crippen LogP) is 17.0. The summed E-state index contributed by atoms with van der Waals surface area (Å²) in [5.74, 6) is 0.710. The lowest BCUT2D eigenvalue weighted by molar-refractivity contribution is 1.18. The lowest BCUT2D eigenvalue weighted by atomic mass is 9.88. The van der Waals surface area contributed by atoms with Gasteiger partial charge in [0, 0.05) is 33.2 Å². The van der Waals surface area contributed by atoms with Crippen molar-refractivity contribution in [1.82, 2.24) is 14.5 Å². The zero-order chi connectivity index (χ0) is 42.3. The summed E-state index contributed by atoms with van der Waals surface area (Å²) >= 11 is 0. The van der Waals surface area contributed by atoms with E-state index in [9.17, 15) is 0 Å². The molecule has 306 valence electrons. The van der Waals surface area contributed by atoms with Gasteiger partial charge in [0.05, 0.1) is 22.4 Å². The molecule has 0 unspecified atom stereocenters. The minimum atomic E-state index is 0. The number of para-hydroxylation sites is 2. The molecule has 0 aliphatic carbocycles. The van der Waals surface area contributed by atoms with Crippen LogP contribution >= 0.6 is 0 Å². The van der Waals surface area contributed by atoms with Gasteiger partial charge >= 0.3 is 0 Å². The average Bonchev–Trinajstić information content (AvgIpc) is 3.71. The summed E-state index contributed by atoms with van der Waals surface area (Å²) < 4.78 is 2.39. The molecule has 64 heavy (non-hydrogen) atoms. The van der Waals surface area contributed by atoms with E-state index in [1.807, 2.05) is 38.1 Å². The van der Waals surface area contributed by atoms with Gasteiger partial charge in [0.25, 0.3) is 0 Å². The van der Waals surface area contributed by atoms with Crippen LogP contribution in [0, 0.1) is 0 Å². The normalized spacial score (nSPS) is 11.2. The third-order valence-electron chi connectivity index (χ3n) is 12.2. The summed E-state index contributed by atoms with van der Waals surface area (Å²) in [6.07, 6.45) is 0. The minimum Gasteiger partial charge on any atom is -0.309 e. The third-order valence-corrected chi connectivity index (χ3v) is 12.2. The third kappa shape index (κ3) is 6.88. The first-order valence-corrected chi connectivity index (χ1v) is 21.8. The van der Waals surface area contributed by atoms with Crippen LogP contribution in [0.3, 0.4) is 0 Å². The van der Waals surface area contributed by atoms with Crippen LogP contribution in [-0.4, -0.2) is 14.5 Å².